The Morgan fingerprint density at radius 3 is 3.00 bits per heavy atom. The van der Waals surface area contributed by atoms with Crippen LogP contribution in [0.3, 0.4) is 0 Å². The molecular formula is C6H7N2. The van der Waals surface area contributed by atoms with E-state index in [0.717, 1.165) is 5.70 Å². The molecule has 0 amide bonds. The highest BCUT2D eigenvalue weighted by atomic mass is 14.9. The van der Waals surface area contributed by atoms with E-state index in [0.29, 0.717) is 0 Å². The molecule has 0 saturated heterocycles. The van der Waals surface area contributed by atoms with Gasteiger partial charge in [-0.05, 0) is 12.2 Å². The van der Waals surface area contributed by atoms with Gasteiger partial charge in [-0.3, -0.25) is 0 Å². The van der Waals surface area contributed by atoms with E-state index in [4.69, 9.17) is 5.73 Å². The third kappa shape index (κ3) is 0.904. The summed E-state index contributed by atoms with van der Waals surface area (Å²) in [5, 5.41) is 2.81. The molecule has 0 bridgehead atoms. The van der Waals surface area contributed by atoms with Gasteiger partial charge in [-0.25, -0.2) is 0 Å². The Bertz CT molecular complexity index is 154. The van der Waals surface area contributed by atoms with E-state index in [9.17, 15) is 0 Å². The predicted octanol–water partition coefficient (Wildman–Crippen LogP) is 0.263. The minimum Gasteiger partial charge on any atom is -0.403 e. The van der Waals surface area contributed by atoms with Crippen molar-refractivity contribution in [3.8, 4) is 0 Å². The number of nitrogens with one attached hydrogen (secondary N) is 1. The summed E-state index contributed by atoms with van der Waals surface area (Å²) >= 11 is 0. The number of hydrogen-bond donors (Lipinski definition) is 2. The number of allylic oxidation sites excluding steroid dienone is 3. The molecule has 1 rings (SSSR count). The summed E-state index contributed by atoms with van der Waals surface area (Å²) in [6.07, 6.45) is 9.80. The Balaban J connectivity index is 2.66. The van der Waals surface area contributed by atoms with Crippen LogP contribution in [0.15, 0.2) is 30.1 Å². The second kappa shape index (κ2) is 2.21. The normalized spacial score (nSPS) is 21.2. The van der Waals surface area contributed by atoms with E-state index in [1.165, 1.54) is 6.20 Å². The molecule has 0 saturated carbocycles. The minimum absolute atomic E-state index is 0.882. The highest BCUT2D eigenvalue weighted by Gasteiger charge is 1.86. The fourth-order valence-electron chi connectivity index (χ4n) is 0.464. The fourth-order valence-corrected chi connectivity index (χ4v) is 0.464. The largest absolute Gasteiger partial charge is 0.403 e. The molecule has 2 nitrogen and oxygen atoms in total. The van der Waals surface area contributed by atoms with Gasteiger partial charge in [-0.15, -0.1) is 0 Å². The lowest BCUT2D eigenvalue weighted by Gasteiger charge is -2.00. The maximum absolute atomic E-state index is 5.17. The highest BCUT2D eigenvalue weighted by Crippen LogP contribution is 1.93. The second-order valence-electron chi connectivity index (χ2n) is 1.42. The Labute approximate surface area is 48.4 Å². The monoisotopic (exact) mass is 107 g/mol. The van der Waals surface area contributed by atoms with E-state index < -0.39 is 0 Å². The molecule has 0 aliphatic carbocycles. The van der Waals surface area contributed by atoms with Crippen molar-refractivity contribution in [2.45, 2.75) is 0 Å². The van der Waals surface area contributed by atoms with Gasteiger partial charge in [0.05, 0.1) is 11.9 Å². The van der Waals surface area contributed by atoms with Gasteiger partial charge in [0.1, 0.15) is 0 Å². The Morgan fingerprint density at radius 1 is 1.75 bits per heavy atom. The second-order valence-corrected chi connectivity index (χ2v) is 1.42. The van der Waals surface area contributed by atoms with Crippen molar-refractivity contribution in [3.63, 3.8) is 0 Å². The molecule has 0 aromatic heterocycles. The summed E-state index contributed by atoms with van der Waals surface area (Å²) < 4.78 is 0. The van der Waals surface area contributed by atoms with E-state index in [1.54, 1.807) is 6.08 Å². The van der Waals surface area contributed by atoms with Gasteiger partial charge in [-0.1, -0.05) is 6.08 Å². The van der Waals surface area contributed by atoms with Gasteiger partial charge in [0.15, 0.2) is 0 Å². The predicted molar refractivity (Wildman–Crippen MR) is 32.4 cm³/mol. The first kappa shape index (κ1) is 4.97. The molecule has 0 unspecified atom stereocenters. The van der Waals surface area contributed by atoms with Crippen LogP contribution in [-0.2, 0) is 0 Å². The number of rotatable bonds is 0. The zero-order valence-corrected chi connectivity index (χ0v) is 4.39. The molecule has 0 aromatic carbocycles. The summed E-state index contributed by atoms with van der Waals surface area (Å²) in [6, 6.07) is 0. The zero-order valence-electron chi connectivity index (χ0n) is 4.39. The average Bonchev–Trinajstić information content (AvgIpc) is 1.90. The van der Waals surface area contributed by atoms with Crippen LogP contribution in [0.4, 0.5) is 0 Å². The molecule has 8 heavy (non-hydrogen) atoms. The van der Waals surface area contributed by atoms with Crippen molar-refractivity contribution >= 4 is 0 Å². The molecule has 0 fully saturated rings. The van der Waals surface area contributed by atoms with Crippen LogP contribution in [0.5, 0.6) is 0 Å². The van der Waals surface area contributed by atoms with Crippen LogP contribution in [0.2, 0.25) is 0 Å². The molecule has 2 heteroatoms. The Kier molecular flexibility index (Phi) is 1.37. The summed E-state index contributed by atoms with van der Waals surface area (Å²) in [7, 11) is 0. The topological polar surface area (TPSA) is 38.0 Å². The molecule has 0 aromatic rings. The first-order valence-electron chi connectivity index (χ1n) is 2.37. The summed E-state index contributed by atoms with van der Waals surface area (Å²) in [6.45, 7) is 0. The first-order valence-corrected chi connectivity index (χ1v) is 2.37. The smallest absolute Gasteiger partial charge is 0.0623 e. The van der Waals surface area contributed by atoms with E-state index in [1.807, 2.05) is 12.2 Å². The van der Waals surface area contributed by atoms with Crippen LogP contribution in [0.1, 0.15) is 0 Å². The van der Waals surface area contributed by atoms with Crippen molar-refractivity contribution in [1.29, 1.82) is 0 Å². The van der Waals surface area contributed by atoms with Crippen molar-refractivity contribution in [2.24, 2.45) is 5.73 Å². The highest BCUT2D eigenvalue weighted by molar-refractivity contribution is 5.23. The summed E-state index contributed by atoms with van der Waals surface area (Å²) in [5.41, 5.74) is 6.06. The van der Waals surface area contributed by atoms with Gasteiger partial charge >= 0.3 is 0 Å². The molecule has 41 valence electrons. The van der Waals surface area contributed by atoms with Gasteiger partial charge in [-0.2, -0.15) is 0 Å². The maximum atomic E-state index is 5.17. The van der Waals surface area contributed by atoms with E-state index in [-0.39, 0.29) is 0 Å². The Morgan fingerprint density at radius 2 is 2.62 bits per heavy atom. The number of dihydropyridines is 1. The SMILES string of the molecule is NC=C1C=CC=[C]N1. The first-order chi connectivity index (χ1) is 3.93. The Hall–Kier alpha value is -1.18. The molecule has 1 heterocycles. The zero-order chi connectivity index (χ0) is 5.82. The lowest BCUT2D eigenvalue weighted by molar-refractivity contribution is 1.05. The summed E-state index contributed by atoms with van der Waals surface area (Å²) in [5.74, 6) is 0. The van der Waals surface area contributed by atoms with Crippen molar-refractivity contribution in [2.75, 3.05) is 0 Å². The van der Waals surface area contributed by atoms with E-state index >= 15 is 0 Å². The average molecular weight is 107 g/mol. The molecule has 1 radical (unpaired) electrons. The molecular weight excluding hydrogens is 100 g/mol. The molecule has 1 aliphatic rings. The van der Waals surface area contributed by atoms with Crippen LogP contribution in [0.25, 0.3) is 0 Å². The van der Waals surface area contributed by atoms with Crippen molar-refractivity contribution < 1.29 is 0 Å². The van der Waals surface area contributed by atoms with Crippen LogP contribution >= 0.6 is 0 Å². The van der Waals surface area contributed by atoms with Gasteiger partial charge in [0.25, 0.3) is 0 Å². The number of hydrogen-bond acceptors (Lipinski definition) is 2. The van der Waals surface area contributed by atoms with Gasteiger partial charge < -0.3 is 11.1 Å². The maximum Gasteiger partial charge on any atom is 0.0623 e. The van der Waals surface area contributed by atoms with Crippen molar-refractivity contribution in [3.05, 3.63) is 36.3 Å². The van der Waals surface area contributed by atoms with Gasteiger partial charge in [0, 0.05) is 6.20 Å². The van der Waals surface area contributed by atoms with E-state index in [2.05, 4.69) is 11.5 Å². The lowest BCUT2D eigenvalue weighted by atomic mass is 10.3. The van der Waals surface area contributed by atoms with Crippen LogP contribution in [0, 0.1) is 6.20 Å². The fraction of sp³-hybridized carbons (Fsp3) is 0. The minimum atomic E-state index is 0.882. The molecule has 1 aliphatic heterocycles. The molecule has 0 spiro atoms. The van der Waals surface area contributed by atoms with Crippen LogP contribution < -0.4 is 11.1 Å². The third-order valence-electron chi connectivity index (χ3n) is 0.851. The van der Waals surface area contributed by atoms with Crippen molar-refractivity contribution in [1.82, 2.24) is 5.32 Å². The standard InChI is InChI=1S/C6H7N2/c7-5-6-3-1-2-4-8-6/h1-3,5,8H,7H2. The lowest BCUT2D eigenvalue weighted by Crippen LogP contribution is -2.07. The third-order valence-corrected chi connectivity index (χ3v) is 0.851. The quantitative estimate of drug-likeness (QED) is 0.466. The summed E-state index contributed by atoms with van der Waals surface area (Å²) in [4.78, 5) is 0. The molecule has 3 N–H and O–H groups in total. The van der Waals surface area contributed by atoms with Crippen LogP contribution in [-0.4, -0.2) is 0 Å². The number of nitrogens with two attached hydrogens (primary N) is 1. The molecule has 0 atom stereocenters. The van der Waals surface area contributed by atoms with Gasteiger partial charge in [0.2, 0.25) is 0 Å².